The van der Waals surface area contributed by atoms with E-state index < -0.39 is 0 Å². The molecule has 5 heteroatoms. The van der Waals surface area contributed by atoms with Crippen molar-refractivity contribution < 1.29 is 4.79 Å². The van der Waals surface area contributed by atoms with E-state index in [-0.39, 0.29) is 5.91 Å². The van der Waals surface area contributed by atoms with E-state index in [9.17, 15) is 4.79 Å². The summed E-state index contributed by atoms with van der Waals surface area (Å²) in [6.07, 6.45) is 3.62. The van der Waals surface area contributed by atoms with E-state index in [1.165, 1.54) is 17.0 Å². The van der Waals surface area contributed by atoms with Crippen LogP contribution >= 0.6 is 11.3 Å². The van der Waals surface area contributed by atoms with Gasteiger partial charge >= 0.3 is 0 Å². The predicted molar refractivity (Wildman–Crippen MR) is 107 cm³/mol. The SMILES string of the molecule is Cc1nc2ccccc2c(C)c1CC(=O)Nc1nc2c(s1)C[C@H](C)CC2. The van der Waals surface area contributed by atoms with Crippen molar-refractivity contribution in [3.63, 3.8) is 0 Å². The molecule has 1 aromatic carbocycles. The van der Waals surface area contributed by atoms with Gasteiger partial charge in [-0.1, -0.05) is 25.1 Å². The molecule has 2 heterocycles. The van der Waals surface area contributed by atoms with Crippen LogP contribution in [-0.4, -0.2) is 15.9 Å². The quantitative estimate of drug-likeness (QED) is 0.737. The molecule has 4 rings (SSSR count). The number of pyridine rings is 1. The van der Waals surface area contributed by atoms with Crippen LogP contribution in [0.25, 0.3) is 10.9 Å². The molecule has 4 nitrogen and oxygen atoms in total. The topological polar surface area (TPSA) is 54.9 Å². The smallest absolute Gasteiger partial charge is 0.230 e. The number of aromatic nitrogens is 2. The van der Waals surface area contributed by atoms with Gasteiger partial charge in [-0.3, -0.25) is 9.78 Å². The number of hydrogen-bond donors (Lipinski definition) is 1. The molecule has 0 spiro atoms. The molecule has 0 saturated carbocycles. The minimum atomic E-state index is -0.0209. The lowest BCUT2D eigenvalue weighted by atomic mass is 9.93. The summed E-state index contributed by atoms with van der Waals surface area (Å²) in [6.45, 7) is 6.33. The summed E-state index contributed by atoms with van der Waals surface area (Å²) < 4.78 is 0. The zero-order valence-corrected chi connectivity index (χ0v) is 16.2. The first-order valence-corrected chi connectivity index (χ1v) is 9.96. The Hall–Kier alpha value is -2.27. The summed E-state index contributed by atoms with van der Waals surface area (Å²) in [5.41, 5.74) is 5.21. The fourth-order valence-electron chi connectivity index (χ4n) is 3.75. The van der Waals surface area contributed by atoms with Crippen molar-refractivity contribution in [1.82, 2.24) is 9.97 Å². The lowest BCUT2D eigenvalue weighted by Gasteiger charge is -2.15. The summed E-state index contributed by atoms with van der Waals surface area (Å²) in [5.74, 6) is 0.688. The summed E-state index contributed by atoms with van der Waals surface area (Å²) in [5, 5.41) is 4.85. The maximum absolute atomic E-state index is 12.6. The molecule has 1 aliphatic rings. The number of para-hydroxylation sites is 1. The molecule has 0 saturated heterocycles. The molecule has 2 aromatic heterocycles. The van der Waals surface area contributed by atoms with E-state index in [0.717, 1.165) is 45.7 Å². The third kappa shape index (κ3) is 3.23. The third-order valence-electron chi connectivity index (χ3n) is 5.26. The van der Waals surface area contributed by atoms with Gasteiger partial charge in [-0.15, -0.1) is 11.3 Å². The van der Waals surface area contributed by atoms with Crippen LogP contribution in [0.5, 0.6) is 0 Å². The van der Waals surface area contributed by atoms with Gasteiger partial charge in [0.05, 0.1) is 17.6 Å². The average molecular weight is 366 g/mol. The van der Waals surface area contributed by atoms with Crippen molar-refractivity contribution in [1.29, 1.82) is 0 Å². The molecule has 1 aliphatic carbocycles. The number of aryl methyl sites for hydroxylation is 3. The largest absolute Gasteiger partial charge is 0.302 e. The molecule has 26 heavy (non-hydrogen) atoms. The molecule has 1 atom stereocenters. The van der Waals surface area contributed by atoms with Gasteiger partial charge in [-0.2, -0.15) is 0 Å². The van der Waals surface area contributed by atoms with Crippen LogP contribution in [0.1, 0.15) is 40.7 Å². The highest BCUT2D eigenvalue weighted by Gasteiger charge is 2.21. The van der Waals surface area contributed by atoms with Crippen molar-refractivity contribution >= 4 is 33.3 Å². The maximum atomic E-state index is 12.6. The van der Waals surface area contributed by atoms with Crippen LogP contribution in [-0.2, 0) is 24.1 Å². The van der Waals surface area contributed by atoms with Gasteiger partial charge in [0, 0.05) is 16.0 Å². The Labute approximate surface area is 157 Å². The van der Waals surface area contributed by atoms with Crippen LogP contribution in [0.3, 0.4) is 0 Å². The second kappa shape index (κ2) is 6.80. The summed E-state index contributed by atoms with van der Waals surface area (Å²) >= 11 is 1.63. The second-order valence-corrected chi connectivity index (χ2v) is 8.36. The molecule has 0 fully saturated rings. The molecule has 0 unspecified atom stereocenters. The number of fused-ring (bicyclic) bond motifs is 2. The lowest BCUT2D eigenvalue weighted by molar-refractivity contribution is -0.115. The maximum Gasteiger partial charge on any atom is 0.230 e. The van der Waals surface area contributed by atoms with Gasteiger partial charge in [0.15, 0.2) is 5.13 Å². The number of anilines is 1. The zero-order chi connectivity index (χ0) is 18.3. The monoisotopic (exact) mass is 365 g/mol. The van der Waals surface area contributed by atoms with Gasteiger partial charge in [0.1, 0.15) is 0 Å². The molecule has 1 N–H and O–H groups in total. The Morgan fingerprint density at radius 3 is 2.92 bits per heavy atom. The first-order valence-electron chi connectivity index (χ1n) is 9.14. The van der Waals surface area contributed by atoms with Crippen LogP contribution in [0.2, 0.25) is 0 Å². The van der Waals surface area contributed by atoms with Crippen LogP contribution in [0.4, 0.5) is 5.13 Å². The van der Waals surface area contributed by atoms with E-state index in [2.05, 4.69) is 35.2 Å². The molecular formula is C21H23N3OS. The van der Waals surface area contributed by atoms with E-state index in [1.807, 2.05) is 25.1 Å². The number of nitrogens with one attached hydrogen (secondary N) is 1. The fraction of sp³-hybridized carbons (Fsp3) is 0.381. The van der Waals surface area contributed by atoms with E-state index in [0.29, 0.717) is 12.3 Å². The normalized spacial score (nSPS) is 16.5. The fourth-order valence-corrected chi connectivity index (χ4v) is 4.94. The Morgan fingerprint density at radius 1 is 1.27 bits per heavy atom. The standard InChI is InChI=1S/C21H23N3OS/c1-12-8-9-18-19(10-12)26-21(23-18)24-20(25)11-16-13(2)15-6-4-5-7-17(15)22-14(16)3/h4-7,12H,8-11H2,1-3H3,(H,23,24,25)/t12-/m1/s1. The van der Waals surface area contributed by atoms with Gasteiger partial charge in [0.2, 0.25) is 5.91 Å². The Bertz CT molecular complexity index is 992. The summed E-state index contributed by atoms with van der Waals surface area (Å²) in [7, 11) is 0. The second-order valence-electron chi connectivity index (χ2n) is 7.28. The highest BCUT2D eigenvalue weighted by atomic mass is 32.1. The van der Waals surface area contributed by atoms with Crippen molar-refractivity contribution in [2.45, 2.75) is 46.5 Å². The first kappa shape index (κ1) is 17.2. The van der Waals surface area contributed by atoms with Crippen LogP contribution < -0.4 is 5.32 Å². The van der Waals surface area contributed by atoms with Crippen molar-refractivity contribution in [2.24, 2.45) is 5.92 Å². The summed E-state index contributed by atoms with van der Waals surface area (Å²) in [6, 6.07) is 8.08. The number of carbonyl (C=O) groups excluding carboxylic acids is 1. The molecule has 1 amide bonds. The van der Waals surface area contributed by atoms with E-state index in [4.69, 9.17) is 0 Å². The van der Waals surface area contributed by atoms with Gasteiger partial charge < -0.3 is 5.32 Å². The molecule has 0 aliphatic heterocycles. The van der Waals surface area contributed by atoms with Crippen LogP contribution in [0, 0.1) is 19.8 Å². The number of hydrogen-bond acceptors (Lipinski definition) is 4. The Kier molecular flexibility index (Phi) is 4.49. The van der Waals surface area contributed by atoms with Crippen molar-refractivity contribution in [2.75, 3.05) is 5.32 Å². The van der Waals surface area contributed by atoms with Gasteiger partial charge in [0.25, 0.3) is 0 Å². The Morgan fingerprint density at radius 2 is 2.08 bits per heavy atom. The first-order chi connectivity index (χ1) is 12.5. The van der Waals surface area contributed by atoms with Gasteiger partial charge in [-0.25, -0.2) is 4.98 Å². The van der Waals surface area contributed by atoms with E-state index in [1.54, 1.807) is 11.3 Å². The van der Waals surface area contributed by atoms with Crippen molar-refractivity contribution in [3.8, 4) is 0 Å². The number of carbonyl (C=O) groups is 1. The minimum Gasteiger partial charge on any atom is -0.302 e. The molecule has 0 bridgehead atoms. The number of rotatable bonds is 3. The minimum absolute atomic E-state index is 0.0209. The van der Waals surface area contributed by atoms with Gasteiger partial charge in [-0.05, 0) is 56.2 Å². The Balaban J connectivity index is 1.55. The molecule has 0 radical (unpaired) electrons. The van der Waals surface area contributed by atoms with Crippen LogP contribution in [0.15, 0.2) is 24.3 Å². The third-order valence-corrected chi connectivity index (χ3v) is 6.29. The molecule has 3 aromatic rings. The number of amides is 1. The summed E-state index contributed by atoms with van der Waals surface area (Å²) in [4.78, 5) is 23.3. The molecule has 134 valence electrons. The highest BCUT2D eigenvalue weighted by Crippen LogP contribution is 2.32. The highest BCUT2D eigenvalue weighted by molar-refractivity contribution is 7.15. The van der Waals surface area contributed by atoms with Crippen molar-refractivity contribution in [3.05, 3.63) is 51.7 Å². The lowest BCUT2D eigenvalue weighted by Crippen LogP contribution is -2.16. The average Bonchev–Trinajstić information content (AvgIpc) is 2.99. The number of benzene rings is 1. The molecular weight excluding hydrogens is 342 g/mol. The number of nitrogens with zero attached hydrogens (tertiary/aromatic N) is 2. The zero-order valence-electron chi connectivity index (χ0n) is 15.4. The predicted octanol–water partition coefficient (Wildman–Crippen LogP) is 4.61. The number of thiazole rings is 1. The van der Waals surface area contributed by atoms with E-state index >= 15 is 0 Å².